The van der Waals surface area contributed by atoms with Gasteiger partial charge in [0.2, 0.25) is 5.91 Å². The lowest BCUT2D eigenvalue weighted by atomic mass is 10.1. The Morgan fingerprint density at radius 1 is 1.33 bits per heavy atom. The number of likely N-dealkylation sites (N-methyl/N-ethyl adjacent to an activating group) is 1. The molecule has 2 rings (SSSR count). The van der Waals surface area contributed by atoms with E-state index in [2.05, 4.69) is 0 Å². The van der Waals surface area contributed by atoms with Crippen LogP contribution in [-0.2, 0) is 11.3 Å². The molecule has 0 saturated carbocycles. The number of carbonyl (C=O) groups is 1. The van der Waals surface area contributed by atoms with Crippen molar-refractivity contribution in [2.45, 2.75) is 12.6 Å². The first-order chi connectivity index (χ1) is 8.68. The number of nitrogens with zero attached hydrogens (tertiary/aromatic N) is 1. The van der Waals surface area contributed by atoms with E-state index < -0.39 is 6.04 Å². The van der Waals surface area contributed by atoms with Gasteiger partial charge in [0.05, 0.1) is 12.5 Å². The standard InChI is InChI=1S/C14H16N2O2/c1-16(9-11-7-8-18-10-11)14(17)13(15)12-5-3-2-4-6-12/h2-8,10,13H,9,15H2,1H3/t13-/m0/s1. The molecule has 0 bridgehead atoms. The van der Waals surface area contributed by atoms with Crippen molar-refractivity contribution < 1.29 is 9.21 Å². The van der Waals surface area contributed by atoms with Crippen molar-refractivity contribution in [2.24, 2.45) is 5.73 Å². The van der Waals surface area contributed by atoms with Crippen molar-refractivity contribution in [3.63, 3.8) is 0 Å². The Labute approximate surface area is 106 Å². The molecule has 4 heteroatoms. The first-order valence-corrected chi connectivity index (χ1v) is 5.75. The smallest absolute Gasteiger partial charge is 0.244 e. The minimum absolute atomic E-state index is 0.109. The minimum atomic E-state index is -0.622. The van der Waals surface area contributed by atoms with Crippen LogP contribution in [0.1, 0.15) is 17.2 Å². The Hall–Kier alpha value is -2.07. The van der Waals surface area contributed by atoms with Crippen LogP contribution in [0.5, 0.6) is 0 Å². The third kappa shape index (κ3) is 2.78. The number of hydrogen-bond donors (Lipinski definition) is 1. The second-order valence-corrected chi connectivity index (χ2v) is 4.21. The molecule has 2 N–H and O–H groups in total. The lowest BCUT2D eigenvalue weighted by molar-refractivity contribution is -0.131. The van der Waals surface area contributed by atoms with E-state index in [-0.39, 0.29) is 5.91 Å². The van der Waals surface area contributed by atoms with Gasteiger partial charge in [-0.3, -0.25) is 4.79 Å². The molecule has 1 heterocycles. The van der Waals surface area contributed by atoms with Gasteiger partial charge in [0, 0.05) is 19.2 Å². The summed E-state index contributed by atoms with van der Waals surface area (Å²) in [5.41, 5.74) is 7.72. The van der Waals surface area contributed by atoms with Gasteiger partial charge in [-0.1, -0.05) is 30.3 Å². The summed E-state index contributed by atoms with van der Waals surface area (Å²) in [4.78, 5) is 13.7. The molecule has 0 radical (unpaired) electrons. The number of carbonyl (C=O) groups excluding carboxylic acids is 1. The topological polar surface area (TPSA) is 59.5 Å². The zero-order valence-electron chi connectivity index (χ0n) is 10.2. The lowest BCUT2D eigenvalue weighted by Gasteiger charge is -2.20. The van der Waals surface area contributed by atoms with Crippen LogP contribution in [0.3, 0.4) is 0 Å². The van der Waals surface area contributed by atoms with Crippen molar-refractivity contribution >= 4 is 5.91 Å². The fourth-order valence-corrected chi connectivity index (χ4v) is 1.77. The number of furan rings is 1. The van der Waals surface area contributed by atoms with Crippen LogP contribution >= 0.6 is 0 Å². The largest absolute Gasteiger partial charge is 0.472 e. The molecule has 1 amide bonds. The fourth-order valence-electron chi connectivity index (χ4n) is 1.77. The zero-order valence-corrected chi connectivity index (χ0v) is 10.2. The van der Waals surface area contributed by atoms with Gasteiger partial charge in [0.25, 0.3) is 0 Å². The van der Waals surface area contributed by atoms with Crippen molar-refractivity contribution in [1.29, 1.82) is 0 Å². The molecule has 0 fully saturated rings. The Bertz CT molecular complexity index is 494. The van der Waals surface area contributed by atoms with Gasteiger partial charge in [-0.25, -0.2) is 0 Å². The maximum absolute atomic E-state index is 12.1. The van der Waals surface area contributed by atoms with Crippen LogP contribution in [0, 0.1) is 0 Å². The summed E-state index contributed by atoms with van der Waals surface area (Å²) in [6.07, 6.45) is 3.21. The molecule has 0 spiro atoms. The average Bonchev–Trinajstić information content (AvgIpc) is 2.91. The van der Waals surface area contributed by atoms with Gasteiger partial charge in [0.1, 0.15) is 6.04 Å². The highest BCUT2D eigenvalue weighted by molar-refractivity contribution is 5.82. The molecule has 1 aromatic carbocycles. The van der Waals surface area contributed by atoms with Gasteiger partial charge < -0.3 is 15.1 Å². The summed E-state index contributed by atoms with van der Waals surface area (Å²) < 4.78 is 4.97. The molecule has 4 nitrogen and oxygen atoms in total. The molecule has 0 unspecified atom stereocenters. The summed E-state index contributed by atoms with van der Waals surface area (Å²) >= 11 is 0. The van der Waals surface area contributed by atoms with Crippen molar-refractivity contribution in [3.8, 4) is 0 Å². The van der Waals surface area contributed by atoms with Gasteiger partial charge in [-0.2, -0.15) is 0 Å². The molecule has 0 aliphatic rings. The first kappa shape index (κ1) is 12.4. The van der Waals surface area contributed by atoms with E-state index >= 15 is 0 Å². The molecular weight excluding hydrogens is 228 g/mol. The molecule has 0 aliphatic carbocycles. The van der Waals surface area contributed by atoms with E-state index in [0.29, 0.717) is 6.54 Å². The molecule has 0 saturated heterocycles. The maximum atomic E-state index is 12.1. The monoisotopic (exact) mass is 244 g/mol. The van der Waals surface area contributed by atoms with Crippen LogP contribution in [0.25, 0.3) is 0 Å². The highest BCUT2D eigenvalue weighted by atomic mass is 16.3. The van der Waals surface area contributed by atoms with Crippen LogP contribution in [0.2, 0.25) is 0 Å². The number of rotatable bonds is 4. The molecule has 1 aromatic heterocycles. The second kappa shape index (κ2) is 5.51. The average molecular weight is 244 g/mol. The van der Waals surface area contributed by atoms with Crippen molar-refractivity contribution in [3.05, 3.63) is 60.1 Å². The summed E-state index contributed by atoms with van der Waals surface area (Å²) in [7, 11) is 1.73. The van der Waals surface area contributed by atoms with E-state index in [1.807, 2.05) is 36.4 Å². The maximum Gasteiger partial charge on any atom is 0.244 e. The number of amides is 1. The molecular formula is C14H16N2O2. The zero-order chi connectivity index (χ0) is 13.0. The van der Waals surface area contributed by atoms with Gasteiger partial charge in [0.15, 0.2) is 0 Å². The minimum Gasteiger partial charge on any atom is -0.472 e. The van der Waals surface area contributed by atoms with E-state index in [9.17, 15) is 4.79 Å². The molecule has 0 aliphatic heterocycles. The third-order valence-electron chi connectivity index (χ3n) is 2.80. The van der Waals surface area contributed by atoms with E-state index in [1.54, 1.807) is 24.5 Å². The lowest BCUT2D eigenvalue weighted by Crippen LogP contribution is -2.35. The number of nitrogens with two attached hydrogens (primary N) is 1. The molecule has 18 heavy (non-hydrogen) atoms. The predicted octanol–water partition coefficient (Wildman–Crippen LogP) is 1.94. The SMILES string of the molecule is CN(Cc1ccoc1)C(=O)[C@@H](N)c1ccccc1. The highest BCUT2D eigenvalue weighted by Crippen LogP contribution is 2.13. The van der Waals surface area contributed by atoms with E-state index in [0.717, 1.165) is 11.1 Å². The molecule has 94 valence electrons. The summed E-state index contributed by atoms with van der Waals surface area (Å²) in [5, 5.41) is 0. The van der Waals surface area contributed by atoms with Crippen LogP contribution in [0.4, 0.5) is 0 Å². The summed E-state index contributed by atoms with van der Waals surface area (Å²) in [5.74, 6) is -0.109. The van der Waals surface area contributed by atoms with E-state index in [4.69, 9.17) is 10.2 Å². The summed E-state index contributed by atoms with van der Waals surface area (Å²) in [6.45, 7) is 0.496. The Kier molecular flexibility index (Phi) is 3.79. The van der Waals surface area contributed by atoms with E-state index in [1.165, 1.54) is 0 Å². The normalized spacial score (nSPS) is 12.1. The Morgan fingerprint density at radius 2 is 2.06 bits per heavy atom. The molecule has 1 atom stereocenters. The highest BCUT2D eigenvalue weighted by Gasteiger charge is 2.19. The summed E-state index contributed by atoms with van der Waals surface area (Å²) in [6, 6.07) is 10.6. The van der Waals surface area contributed by atoms with Gasteiger partial charge in [-0.05, 0) is 11.6 Å². The van der Waals surface area contributed by atoms with Crippen LogP contribution in [-0.4, -0.2) is 17.9 Å². The van der Waals surface area contributed by atoms with Crippen molar-refractivity contribution in [2.75, 3.05) is 7.05 Å². The Balaban J connectivity index is 2.02. The fraction of sp³-hybridized carbons (Fsp3) is 0.214. The predicted molar refractivity (Wildman–Crippen MR) is 68.6 cm³/mol. The Morgan fingerprint density at radius 3 is 2.67 bits per heavy atom. The molecule has 2 aromatic rings. The van der Waals surface area contributed by atoms with Crippen molar-refractivity contribution in [1.82, 2.24) is 4.90 Å². The third-order valence-corrected chi connectivity index (χ3v) is 2.80. The number of hydrogen-bond acceptors (Lipinski definition) is 3. The number of benzene rings is 1. The second-order valence-electron chi connectivity index (χ2n) is 4.21. The van der Waals surface area contributed by atoms with Crippen LogP contribution in [0.15, 0.2) is 53.3 Å². The van der Waals surface area contributed by atoms with Gasteiger partial charge in [-0.15, -0.1) is 0 Å². The quantitative estimate of drug-likeness (QED) is 0.894. The first-order valence-electron chi connectivity index (χ1n) is 5.75. The van der Waals surface area contributed by atoms with Crippen LogP contribution < -0.4 is 5.73 Å². The van der Waals surface area contributed by atoms with Gasteiger partial charge >= 0.3 is 0 Å².